The minimum atomic E-state index is -0.237. The first-order chi connectivity index (χ1) is 17.6. The highest BCUT2D eigenvalue weighted by Gasteiger charge is 2.56. The van der Waals surface area contributed by atoms with Crippen LogP contribution in [0.1, 0.15) is 41.0 Å². The molecule has 188 valence electrons. The Labute approximate surface area is 210 Å². The van der Waals surface area contributed by atoms with Crippen molar-refractivity contribution < 1.29 is 14.3 Å². The molecule has 36 heavy (non-hydrogen) atoms. The summed E-state index contributed by atoms with van der Waals surface area (Å²) in [5.74, 6) is -0.0429. The second-order valence-electron chi connectivity index (χ2n) is 9.60. The second kappa shape index (κ2) is 10.9. The SMILES string of the molecule is O=C(NC1CC12CCN(C(=O)NCCOCc1ccccc1)CC2)c1ncn(Cc2ccccc2)n1. The average molecular weight is 489 g/mol. The Kier molecular flexibility index (Phi) is 7.27. The third kappa shape index (κ3) is 5.91. The van der Waals surface area contributed by atoms with E-state index in [1.165, 1.54) is 0 Å². The number of hydrogen-bond acceptors (Lipinski definition) is 5. The highest BCUT2D eigenvalue weighted by Crippen LogP contribution is 2.53. The van der Waals surface area contributed by atoms with Crippen molar-refractivity contribution in [2.45, 2.75) is 38.5 Å². The van der Waals surface area contributed by atoms with Crippen LogP contribution in [0.3, 0.4) is 0 Å². The third-order valence-electron chi connectivity index (χ3n) is 7.10. The molecule has 9 nitrogen and oxygen atoms in total. The molecule has 3 amide bonds. The van der Waals surface area contributed by atoms with Crippen LogP contribution in [-0.4, -0.2) is 63.9 Å². The largest absolute Gasteiger partial charge is 0.375 e. The molecule has 1 saturated heterocycles. The lowest BCUT2D eigenvalue weighted by molar-refractivity contribution is 0.0925. The summed E-state index contributed by atoms with van der Waals surface area (Å²) in [5.41, 5.74) is 2.30. The number of nitrogens with one attached hydrogen (secondary N) is 2. The van der Waals surface area contributed by atoms with Gasteiger partial charge in [-0.15, -0.1) is 5.10 Å². The average Bonchev–Trinajstić information content (AvgIpc) is 3.32. The Balaban J connectivity index is 1.00. The van der Waals surface area contributed by atoms with Gasteiger partial charge in [-0.2, -0.15) is 0 Å². The number of hydrogen-bond donors (Lipinski definition) is 2. The Hall–Kier alpha value is -3.72. The van der Waals surface area contributed by atoms with Crippen molar-refractivity contribution in [2.24, 2.45) is 5.41 Å². The summed E-state index contributed by atoms with van der Waals surface area (Å²) in [7, 11) is 0. The molecule has 2 N–H and O–H groups in total. The lowest BCUT2D eigenvalue weighted by Gasteiger charge is -2.33. The maximum absolute atomic E-state index is 12.7. The van der Waals surface area contributed by atoms with Gasteiger partial charge in [0, 0.05) is 25.7 Å². The molecule has 9 heteroatoms. The lowest BCUT2D eigenvalue weighted by Crippen LogP contribution is -2.46. The second-order valence-corrected chi connectivity index (χ2v) is 9.60. The fourth-order valence-electron chi connectivity index (χ4n) is 4.83. The fraction of sp³-hybridized carbons (Fsp3) is 0.407. The van der Waals surface area contributed by atoms with Gasteiger partial charge in [-0.3, -0.25) is 4.79 Å². The van der Waals surface area contributed by atoms with Gasteiger partial charge in [0.25, 0.3) is 5.91 Å². The lowest BCUT2D eigenvalue weighted by atomic mass is 9.93. The smallest absolute Gasteiger partial charge is 0.317 e. The molecule has 1 unspecified atom stereocenters. The van der Waals surface area contributed by atoms with Crippen molar-refractivity contribution in [1.29, 1.82) is 0 Å². The molecule has 1 spiro atoms. The monoisotopic (exact) mass is 488 g/mol. The predicted molar refractivity (Wildman–Crippen MR) is 134 cm³/mol. The molecule has 1 aliphatic carbocycles. The van der Waals surface area contributed by atoms with Gasteiger partial charge in [0.2, 0.25) is 5.82 Å². The summed E-state index contributed by atoms with van der Waals surface area (Å²) in [4.78, 5) is 31.2. The molecule has 1 saturated carbocycles. The Morgan fingerprint density at radius 2 is 1.69 bits per heavy atom. The summed E-state index contributed by atoms with van der Waals surface area (Å²) >= 11 is 0. The maximum atomic E-state index is 12.7. The van der Waals surface area contributed by atoms with E-state index in [9.17, 15) is 9.59 Å². The number of ether oxygens (including phenoxy) is 1. The number of nitrogens with zero attached hydrogens (tertiary/aromatic N) is 4. The van der Waals surface area contributed by atoms with Crippen LogP contribution in [0.4, 0.5) is 4.79 Å². The van der Waals surface area contributed by atoms with Gasteiger partial charge in [0.05, 0.1) is 19.8 Å². The highest BCUT2D eigenvalue weighted by molar-refractivity contribution is 5.90. The van der Waals surface area contributed by atoms with E-state index in [4.69, 9.17) is 4.74 Å². The van der Waals surface area contributed by atoms with Gasteiger partial charge in [0.15, 0.2) is 0 Å². The zero-order valence-electron chi connectivity index (χ0n) is 20.3. The number of aromatic nitrogens is 3. The molecular formula is C27H32N6O3. The number of urea groups is 1. The zero-order valence-corrected chi connectivity index (χ0v) is 20.3. The number of carbonyl (C=O) groups excluding carboxylic acids is 2. The molecule has 0 radical (unpaired) electrons. The summed E-state index contributed by atoms with van der Waals surface area (Å²) in [6, 6.07) is 20.0. The highest BCUT2D eigenvalue weighted by atomic mass is 16.5. The van der Waals surface area contributed by atoms with Crippen LogP contribution in [0.5, 0.6) is 0 Å². The molecule has 0 bridgehead atoms. The van der Waals surface area contributed by atoms with Gasteiger partial charge < -0.3 is 20.3 Å². The molecule has 5 rings (SSSR count). The molecule has 1 atom stereocenters. The van der Waals surface area contributed by atoms with Gasteiger partial charge in [0.1, 0.15) is 6.33 Å². The molecule has 2 aromatic carbocycles. The quantitative estimate of drug-likeness (QED) is 0.451. The number of piperidine rings is 1. The summed E-state index contributed by atoms with van der Waals surface area (Å²) < 4.78 is 7.31. The van der Waals surface area contributed by atoms with Crippen molar-refractivity contribution >= 4 is 11.9 Å². The number of amides is 3. The van der Waals surface area contributed by atoms with Crippen LogP contribution in [-0.2, 0) is 17.9 Å². The maximum Gasteiger partial charge on any atom is 0.317 e. The first-order valence-electron chi connectivity index (χ1n) is 12.5. The van der Waals surface area contributed by atoms with Crippen LogP contribution < -0.4 is 10.6 Å². The van der Waals surface area contributed by atoms with Gasteiger partial charge in [-0.05, 0) is 35.8 Å². The first-order valence-corrected chi connectivity index (χ1v) is 12.5. The van der Waals surface area contributed by atoms with Crippen molar-refractivity contribution in [3.05, 3.63) is 83.9 Å². The normalized spacial score (nSPS) is 18.1. The van der Waals surface area contributed by atoms with E-state index >= 15 is 0 Å². The van der Waals surface area contributed by atoms with Gasteiger partial charge in [-0.25, -0.2) is 14.5 Å². The van der Waals surface area contributed by atoms with Crippen molar-refractivity contribution in [2.75, 3.05) is 26.2 Å². The van der Waals surface area contributed by atoms with Gasteiger partial charge >= 0.3 is 6.03 Å². The van der Waals surface area contributed by atoms with Crippen LogP contribution in [0.2, 0.25) is 0 Å². The van der Waals surface area contributed by atoms with Gasteiger partial charge in [-0.1, -0.05) is 60.7 Å². The summed E-state index contributed by atoms with van der Waals surface area (Å²) in [6.45, 7) is 3.45. The molecule has 1 aromatic heterocycles. The molecule has 2 fully saturated rings. The van der Waals surface area contributed by atoms with Crippen LogP contribution in [0.15, 0.2) is 67.0 Å². The number of carbonyl (C=O) groups is 2. The van der Waals surface area contributed by atoms with E-state index in [2.05, 4.69) is 20.7 Å². The Morgan fingerprint density at radius 3 is 2.42 bits per heavy atom. The number of rotatable bonds is 9. The van der Waals surface area contributed by atoms with E-state index in [0.717, 1.165) is 30.4 Å². The van der Waals surface area contributed by atoms with E-state index in [0.29, 0.717) is 39.4 Å². The molecule has 2 heterocycles. The standard InChI is InChI=1S/C27H32N6O3/c34-25(24-29-20-33(31-24)18-21-7-3-1-4-8-21)30-23-17-27(23)11-14-32(15-12-27)26(35)28-13-16-36-19-22-9-5-2-6-10-22/h1-10,20,23H,11-19H2,(H,28,35)(H,30,34). The predicted octanol–water partition coefficient (Wildman–Crippen LogP) is 2.84. The fourth-order valence-corrected chi connectivity index (χ4v) is 4.83. The summed E-state index contributed by atoms with van der Waals surface area (Å²) in [6.07, 6.45) is 4.29. The topological polar surface area (TPSA) is 101 Å². The summed E-state index contributed by atoms with van der Waals surface area (Å²) in [5, 5.41) is 10.4. The van der Waals surface area contributed by atoms with Crippen molar-refractivity contribution in [1.82, 2.24) is 30.3 Å². The molecule has 2 aliphatic rings. The van der Waals surface area contributed by atoms with Crippen molar-refractivity contribution in [3.63, 3.8) is 0 Å². The van der Waals surface area contributed by atoms with Crippen LogP contribution >= 0.6 is 0 Å². The van der Waals surface area contributed by atoms with E-state index in [1.54, 1.807) is 11.0 Å². The van der Waals surface area contributed by atoms with E-state index in [1.807, 2.05) is 65.6 Å². The minimum absolute atomic E-state index is 0.0532. The minimum Gasteiger partial charge on any atom is -0.375 e. The van der Waals surface area contributed by atoms with E-state index in [-0.39, 0.29) is 29.2 Å². The van der Waals surface area contributed by atoms with Crippen LogP contribution in [0, 0.1) is 5.41 Å². The molecule has 3 aromatic rings. The van der Waals surface area contributed by atoms with Crippen LogP contribution in [0.25, 0.3) is 0 Å². The first kappa shape index (κ1) is 24.0. The Bertz CT molecular complexity index is 1160. The third-order valence-corrected chi connectivity index (χ3v) is 7.10. The molecular weight excluding hydrogens is 456 g/mol. The number of benzene rings is 2. The molecule has 1 aliphatic heterocycles. The van der Waals surface area contributed by atoms with Crippen molar-refractivity contribution in [3.8, 4) is 0 Å². The Morgan fingerprint density at radius 1 is 1.00 bits per heavy atom. The van der Waals surface area contributed by atoms with E-state index < -0.39 is 0 Å². The number of likely N-dealkylation sites (tertiary alicyclic amines) is 1. The zero-order chi connectivity index (χ0) is 24.8.